The molecular formula is C12H11N3OS3. The molecule has 98 valence electrons. The van der Waals surface area contributed by atoms with E-state index in [0.29, 0.717) is 10.6 Å². The molecule has 1 aliphatic heterocycles. The maximum Gasteiger partial charge on any atom is 0.237 e. The van der Waals surface area contributed by atoms with Crippen molar-refractivity contribution in [2.24, 2.45) is 0 Å². The molecule has 0 aliphatic carbocycles. The number of aromatic nitrogens is 1. The summed E-state index contributed by atoms with van der Waals surface area (Å²) in [7, 11) is 2.78. The molecule has 0 radical (unpaired) electrons. The van der Waals surface area contributed by atoms with Gasteiger partial charge in [-0.05, 0) is 38.7 Å². The molecule has 7 heteroatoms. The normalized spacial score (nSPS) is 13.6. The van der Waals surface area contributed by atoms with Crippen molar-refractivity contribution in [1.82, 2.24) is 4.98 Å². The highest BCUT2D eigenvalue weighted by Crippen LogP contribution is 2.29. The van der Waals surface area contributed by atoms with E-state index in [1.807, 2.05) is 23.1 Å². The van der Waals surface area contributed by atoms with Gasteiger partial charge >= 0.3 is 0 Å². The van der Waals surface area contributed by atoms with Gasteiger partial charge in [-0.15, -0.1) is 0 Å². The van der Waals surface area contributed by atoms with Crippen LogP contribution >= 0.6 is 32.4 Å². The van der Waals surface area contributed by atoms with Gasteiger partial charge in [0, 0.05) is 12.2 Å². The lowest BCUT2D eigenvalue weighted by atomic mass is 10.2. The van der Waals surface area contributed by atoms with Gasteiger partial charge in [-0.1, -0.05) is 30.0 Å². The summed E-state index contributed by atoms with van der Waals surface area (Å²) in [6, 6.07) is 8.05. The predicted octanol–water partition coefficient (Wildman–Crippen LogP) is 2.37. The average Bonchev–Trinajstić information content (AvgIpc) is 3.02. The molecule has 2 aromatic rings. The van der Waals surface area contributed by atoms with Crippen molar-refractivity contribution in [3.8, 4) is 0 Å². The van der Waals surface area contributed by atoms with E-state index >= 15 is 0 Å². The number of carbonyl (C=O) groups is 1. The smallest absolute Gasteiger partial charge is 0.237 e. The summed E-state index contributed by atoms with van der Waals surface area (Å²) in [5.41, 5.74) is 2.28. The molecule has 19 heavy (non-hydrogen) atoms. The summed E-state index contributed by atoms with van der Waals surface area (Å²) in [5.74, 6) is 0.496. The van der Waals surface area contributed by atoms with Gasteiger partial charge in [0.1, 0.15) is 0 Å². The first-order valence-corrected chi connectivity index (χ1v) is 8.90. The molecule has 1 amide bonds. The standard InChI is InChI=1S/C12H11N3OS3/c13-11-14-12(19-18-11)17-7-10(16)15-6-5-8-3-1-2-4-9(8)15/h1-4,13H,5-7H2. The lowest BCUT2D eigenvalue weighted by molar-refractivity contribution is -0.116. The minimum absolute atomic E-state index is 0.113. The zero-order valence-electron chi connectivity index (χ0n) is 9.96. The minimum atomic E-state index is 0.113. The lowest BCUT2D eigenvalue weighted by Crippen LogP contribution is -2.30. The number of benzene rings is 1. The Hall–Kier alpha value is -1.18. The van der Waals surface area contributed by atoms with E-state index in [4.69, 9.17) is 5.41 Å². The second-order valence-corrected chi connectivity index (χ2v) is 7.39. The Morgan fingerprint density at radius 3 is 3.05 bits per heavy atom. The average molecular weight is 309 g/mol. The molecule has 0 spiro atoms. The van der Waals surface area contributed by atoms with Crippen molar-refractivity contribution in [3.63, 3.8) is 0 Å². The molecule has 1 aromatic heterocycles. The van der Waals surface area contributed by atoms with E-state index in [-0.39, 0.29) is 5.91 Å². The van der Waals surface area contributed by atoms with Gasteiger partial charge in [-0.2, -0.15) is 0 Å². The van der Waals surface area contributed by atoms with Gasteiger partial charge in [0.25, 0.3) is 0 Å². The van der Waals surface area contributed by atoms with Crippen molar-refractivity contribution in [1.29, 1.82) is 5.41 Å². The Labute approximate surface area is 122 Å². The SMILES string of the molecule is N=c1nc(SCC(=O)N2CCc3ccccc32)ss1. The van der Waals surface area contributed by atoms with E-state index in [0.717, 1.165) is 23.0 Å². The van der Waals surface area contributed by atoms with E-state index < -0.39 is 0 Å². The summed E-state index contributed by atoms with van der Waals surface area (Å²) in [4.78, 5) is 18.4. The van der Waals surface area contributed by atoms with Crippen molar-refractivity contribution in [3.05, 3.63) is 34.6 Å². The summed E-state index contributed by atoms with van der Waals surface area (Å²) < 4.78 is 0.802. The molecule has 2 heterocycles. The highest BCUT2D eigenvalue weighted by Gasteiger charge is 2.24. The van der Waals surface area contributed by atoms with E-state index in [2.05, 4.69) is 11.1 Å². The number of amides is 1. The van der Waals surface area contributed by atoms with Crippen LogP contribution in [-0.2, 0) is 11.2 Å². The number of para-hydroxylation sites is 1. The fraction of sp³-hybridized carbons (Fsp3) is 0.250. The third kappa shape index (κ3) is 2.72. The van der Waals surface area contributed by atoms with Crippen LogP contribution in [0.4, 0.5) is 5.69 Å². The largest absolute Gasteiger partial charge is 0.311 e. The van der Waals surface area contributed by atoms with Crippen molar-refractivity contribution in [2.75, 3.05) is 17.2 Å². The quantitative estimate of drug-likeness (QED) is 0.699. The van der Waals surface area contributed by atoms with Crippen molar-refractivity contribution < 1.29 is 4.79 Å². The zero-order valence-corrected chi connectivity index (χ0v) is 12.4. The van der Waals surface area contributed by atoms with Gasteiger partial charge in [0.05, 0.1) is 5.75 Å². The summed E-state index contributed by atoms with van der Waals surface area (Å²) in [6.07, 6.45) is 0.933. The fourth-order valence-corrected chi connectivity index (χ4v) is 4.91. The molecule has 3 rings (SSSR count). The van der Waals surface area contributed by atoms with Gasteiger partial charge in [0.15, 0.2) is 4.34 Å². The summed E-state index contributed by atoms with van der Waals surface area (Å²) >= 11 is 1.42. The summed E-state index contributed by atoms with van der Waals surface area (Å²) in [6.45, 7) is 0.767. The topological polar surface area (TPSA) is 57.1 Å². The van der Waals surface area contributed by atoms with Crippen LogP contribution in [-0.4, -0.2) is 23.2 Å². The first kappa shape index (κ1) is 12.8. The number of carbonyl (C=O) groups excluding carboxylic acids is 1. The van der Waals surface area contributed by atoms with Crippen LogP contribution < -0.4 is 9.70 Å². The second-order valence-electron chi connectivity index (χ2n) is 4.06. The van der Waals surface area contributed by atoms with Crippen LogP contribution in [0.2, 0.25) is 0 Å². The third-order valence-electron chi connectivity index (χ3n) is 2.89. The molecule has 1 aliphatic rings. The molecule has 1 N–H and O–H groups in total. The van der Waals surface area contributed by atoms with Crippen molar-refractivity contribution in [2.45, 2.75) is 10.8 Å². The van der Waals surface area contributed by atoms with Crippen LogP contribution in [0.3, 0.4) is 0 Å². The molecule has 0 saturated heterocycles. The molecule has 0 fully saturated rings. The number of anilines is 1. The maximum absolute atomic E-state index is 12.2. The number of nitrogens with one attached hydrogen (secondary N) is 1. The van der Waals surface area contributed by atoms with Gasteiger partial charge in [-0.3, -0.25) is 10.2 Å². The molecule has 0 atom stereocenters. The van der Waals surface area contributed by atoms with Gasteiger partial charge in [-0.25, -0.2) is 4.98 Å². The van der Waals surface area contributed by atoms with Gasteiger partial charge in [0.2, 0.25) is 10.7 Å². The Morgan fingerprint density at radius 2 is 2.26 bits per heavy atom. The van der Waals surface area contributed by atoms with Crippen LogP contribution in [0.5, 0.6) is 0 Å². The third-order valence-corrected chi connectivity index (χ3v) is 6.31. The number of hydrogen-bond acceptors (Lipinski definition) is 6. The Morgan fingerprint density at radius 1 is 1.42 bits per heavy atom. The summed E-state index contributed by atoms with van der Waals surface area (Å²) in [5, 5.41) is 7.37. The molecule has 4 nitrogen and oxygen atoms in total. The first-order chi connectivity index (χ1) is 9.24. The Bertz CT molecular complexity index is 664. The van der Waals surface area contributed by atoms with E-state index in [1.165, 1.54) is 38.0 Å². The highest BCUT2D eigenvalue weighted by atomic mass is 32.9. The maximum atomic E-state index is 12.2. The monoisotopic (exact) mass is 309 g/mol. The zero-order chi connectivity index (χ0) is 13.2. The second kappa shape index (κ2) is 5.44. The number of thioether (sulfide) groups is 1. The molecule has 0 saturated carbocycles. The number of hydrogen-bond donors (Lipinski definition) is 1. The number of rotatable bonds is 3. The molecular weight excluding hydrogens is 298 g/mol. The Balaban J connectivity index is 1.67. The van der Waals surface area contributed by atoms with E-state index in [1.54, 1.807) is 0 Å². The molecule has 0 unspecified atom stereocenters. The first-order valence-electron chi connectivity index (χ1n) is 5.77. The lowest BCUT2D eigenvalue weighted by Gasteiger charge is -2.16. The predicted molar refractivity (Wildman–Crippen MR) is 79.1 cm³/mol. The minimum Gasteiger partial charge on any atom is -0.311 e. The molecule has 1 aromatic carbocycles. The van der Waals surface area contributed by atoms with Crippen LogP contribution in [0.25, 0.3) is 0 Å². The van der Waals surface area contributed by atoms with Crippen LogP contribution in [0.15, 0.2) is 28.6 Å². The van der Waals surface area contributed by atoms with Crippen molar-refractivity contribution >= 4 is 44.0 Å². The number of fused-ring (bicyclic) bond motifs is 1. The fourth-order valence-electron chi connectivity index (χ4n) is 2.05. The van der Waals surface area contributed by atoms with E-state index in [9.17, 15) is 4.79 Å². The highest BCUT2D eigenvalue weighted by molar-refractivity contribution is 8.03. The van der Waals surface area contributed by atoms with Crippen LogP contribution in [0, 0.1) is 5.41 Å². The Kier molecular flexibility index (Phi) is 3.67. The number of nitrogens with zero attached hydrogens (tertiary/aromatic N) is 2. The molecule has 0 bridgehead atoms. The van der Waals surface area contributed by atoms with Gasteiger partial charge < -0.3 is 4.90 Å². The van der Waals surface area contributed by atoms with Crippen LogP contribution in [0.1, 0.15) is 5.56 Å².